The Kier molecular flexibility index (Phi) is 6.76. The van der Waals surface area contributed by atoms with E-state index in [2.05, 4.69) is 21.1 Å². The molecule has 3 rings (SSSR count). The number of ether oxygens (including phenoxy) is 1. The third kappa shape index (κ3) is 5.03. The Labute approximate surface area is 158 Å². The molecule has 3 unspecified atom stereocenters. The number of halogens is 1. The van der Waals surface area contributed by atoms with Crippen molar-refractivity contribution in [1.82, 2.24) is 21.1 Å². The van der Waals surface area contributed by atoms with Crippen LogP contribution in [0.5, 0.6) is 0 Å². The van der Waals surface area contributed by atoms with Gasteiger partial charge in [-0.15, -0.1) is 0 Å². The minimum Gasteiger partial charge on any atom is -0.385 e. The summed E-state index contributed by atoms with van der Waals surface area (Å²) in [6.45, 7) is 3.18. The molecule has 7 nitrogen and oxygen atoms in total. The van der Waals surface area contributed by atoms with Gasteiger partial charge in [0.05, 0.1) is 17.9 Å². The van der Waals surface area contributed by atoms with Crippen molar-refractivity contribution in [2.24, 2.45) is 11.8 Å². The highest BCUT2D eigenvalue weighted by atomic mass is 19.1. The van der Waals surface area contributed by atoms with E-state index in [-0.39, 0.29) is 35.5 Å². The molecule has 0 saturated carbocycles. The molecule has 148 valence electrons. The largest absolute Gasteiger partial charge is 0.385 e. The van der Waals surface area contributed by atoms with E-state index >= 15 is 0 Å². The second-order valence-electron chi connectivity index (χ2n) is 7.15. The standard InChI is InChI=1S/C19H27FN4O3/c1-27-10-2-9-24-11-15(17-16(12-24)19(26)23-22-17)18(25)21-8-7-13-3-5-14(20)6-4-13/h3-6,15-17,22H,2,7-12H2,1H3,(H,21,25)(H,23,26). The predicted molar refractivity (Wildman–Crippen MR) is 98.1 cm³/mol. The lowest BCUT2D eigenvalue weighted by molar-refractivity contribution is -0.130. The van der Waals surface area contributed by atoms with E-state index in [1.165, 1.54) is 12.1 Å². The molecule has 0 spiro atoms. The Balaban J connectivity index is 1.55. The summed E-state index contributed by atoms with van der Waals surface area (Å²) < 4.78 is 18.1. The maximum absolute atomic E-state index is 13.0. The van der Waals surface area contributed by atoms with Gasteiger partial charge in [0.15, 0.2) is 0 Å². The van der Waals surface area contributed by atoms with Crippen LogP contribution in [-0.2, 0) is 20.7 Å². The first-order valence-corrected chi connectivity index (χ1v) is 9.37. The molecule has 0 aromatic heterocycles. The fourth-order valence-electron chi connectivity index (χ4n) is 3.81. The average Bonchev–Trinajstić information content (AvgIpc) is 3.04. The first-order valence-electron chi connectivity index (χ1n) is 9.37. The van der Waals surface area contributed by atoms with Gasteiger partial charge in [0, 0.05) is 39.9 Å². The van der Waals surface area contributed by atoms with E-state index in [4.69, 9.17) is 4.74 Å². The van der Waals surface area contributed by atoms with Crippen molar-refractivity contribution < 1.29 is 18.7 Å². The number of hydrogen-bond acceptors (Lipinski definition) is 5. The highest BCUT2D eigenvalue weighted by Gasteiger charge is 2.47. The number of nitrogens with zero attached hydrogens (tertiary/aromatic N) is 1. The number of hydrazine groups is 1. The van der Waals surface area contributed by atoms with Crippen LogP contribution in [0, 0.1) is 17.7 Å². The molecule has 1 aromatic carbocycles. The molecular formula is C19H27FN4O3. The lowest BCUT2D eigenvalue weighted by Crippen LogP contribution is -2.57. The quantitative estimate of drug-likeness (QED) is 0.558. The fraction of sp³-hybridized carbons (Fsp3) is 0.579. The predicted octanol–water partition coefficient (Wildman–Crippen LogP) is 0.0719. The molecule has 2 aliphatic rings. The van der Waals surface area contributed by atoms with Gasteiger partial charge < -0.3 is 15.0 Å². The van der Waals surface area contributed by atoms with Crippen molar-refractivity contribution in [2.45, 2.75) is 18.9 Å². The van der Waals surface area contributed by atoms with Crippen LogP contribution >= 0.6 is 0 Å². The van der Waals surface area contributed by atoms with Crippen molar-refractivity contribution in [1.29, 1.82) is 0 Å². The molecule has 2 saturated heterocycles. The summed E-state index contributed by atoms with van der Waals surface area (Å²) in [6.07, 6.45) is 1.50. The summed E-state index contributed by atoms with van der Waals surface area (Å²) in [5.41, 5.74) is 6.62. The second kappa shape index (κ2) is 9.25. The van der Waals surface area contributed by atoms with Crippen molar-refractivity contribution in [2.75, 3.05) is 39.9 Å². The Morgan fingerprint density at radius 2 is 2.11 bits per heavy atom. The van der Waals surface area contributed by atoms with Crippen LogP contribution in [0.4, 0.5) is 4.39 Å². The van der Waals surface area contributed by atoms with Crippen molar-refractivity contribution >= 4 is 11.8 Å². The van der Waals surface area contributed by atoms with Gasteiger partial charge in [-0.1, -0.05) is 12.1 Å². The molecule has 0 radical (unpaired) electrons. The molecule has 1 aromatic rings. The Bertz CT molecular complexity index is 655. The zero-order chi connectivity index (χ0) is 19.2. The first kappa shape index (κ1) is 19.7. The molecule has 8 heteroatoms. The second-order valence-corrected chi connectivity index (χ2v) is 7.15. The smallest absolute Gasteiger partial charge is 0.240 e. The third-order valence-corrected chi connectivity index (χ3v) is 5.26. The molecule has 0 aliphatic carbocycles. The topological polar surface area (TPSA) is 82.7 Å². The SMILES string of the molecule is COCCCN1CC(C(=O)NCCc2ccc(F)cc2)C2NNC(=O)C2C1. The maximum atomic E-state index is 13.0. The lowest BCUT2D eigenvalue weighted by Gasteiger charge is -2.38. The number of hydrogen-bond donors (Lipinski definition) is 3. The molecule has 2 amide bonds. The molecule has 3 atom stereocenters. The number of fused-ring (bicyclic) bond motifs is 1. The summed E-state index contributed by atoms with van der Waals surface area (Å²) in [7, 11) is 1.66. The molecule has 2 aliphatic heterocycles. The number of piperidine rings is 1. The first-order chi connectivity index (χ1) is 13.1. The van der Waals surface area contributed by atoms with Crippen LogP contribution in [0.15, 0.2) is 24.3 Å². The lowest BCUT2D eigenvalue weighted by atomic mass is 9.84. The number of benzene rings is 1. The van der Waals surface area contributed by atoms with Gasteiger partial charge in [0.1, 0.15) is 5.82 Å². The third-order valence-electron chi connectivity index (χ3n) is 5.26. The fourth-order valence-corrected chi connectivity index (χ4v) is 3.81. The summed E-state index contributed by atoms with van der Waals surface area (Å²) in [4.78, 5) is 27.0. The maximum Gasteiger partial charge on any atom is 0.240 e. The number of nitrogens with one attached hydrogen (secondary N) is 3. The molecule has 0 bridgehead atoms. The number of methoxy groups -OCH3 is 1. The number of amides is 2. The van der Waals surface area contributed by atoms with Crippen LogP contribution < -0.4 is 16.2 Å². The molecule has 2 fully saturated rings. The van der Waals surface area contributed by atoms with E-state index in [9.17, 15) is 14.0 Å². The van der Waals surface area contributed by atoms with Gasteiger partial charge in [0.2, 0.25) is 11.8 Å². The number of carbonyl (C=O) groups is 2. The minimum atomic E-state index is -0.307. The molecule has 3 N–H and O–H groups in total. The van der Waals surface area contributed by atoms with Crippen LogP contribution in [0.2, 0.25) is 0 Å². The van der Waals surface area contributed by atoms with Crippen LogP contribution in [-0.4, -0.2) is 62.7 Å². The van der Waals surface area contributed by atoms with E-state index in [0.29, 0.717) is 32.7 Å². The summed E-state index contributed by atoms with van der Waals surface area (Å²) in [6, 6.07) is 6.08. The van der Waals surface area contributed by atoms with Gasteiger partial charge in [-0.3, -0.25) is 15.0 Å². The van der Waals surface area contributed by atoms with Gasteiger partial charge >= 0.3 is 0 Å². The summed E-state index contributed by atoms with van der Waals surface area (Å²) >= 11 is 0. The van der Waals surface area contributed by atoms with Crippen LogP contribution in [0.3, 0.4) is 0 Å². The van der Waals surface area contributed by atoms with Crippen LogP contribution in [0.25, 0.3) is 0 Å². The summed E-state index contributed by atoms with van der Waals surface area (Å²) in [5, 5.41) is 2.97. The van der Waals surface area contributed by atoms with E-state index < -0.39 is 0 Å². The van der Waals surface area contributed by atoms with Gasteiger partial charge in [-0.2, -0.15) is 0 Å². The van der Waals surface area contributed by atoms with E-state index in [1.54, 1.807) is 19.2 Å². The summed E-state index contributed by atoms with van der Waals surface area (Å²) in [5.74, 6) is -0.921. The Morgan fingerprint density at radius 3 is 2.85 bits per heavy atom. The van der Waals surface area contributed by atoms with Crippen molar-refractivity contribution in [3.05, 3.63) is 35.6 Å². The highest BCUT2D eigenvalue weighted by Crippen LogP contribution is 2.26. The van der Waals surface area contributed by atoms with Gasteiger partial charge in [-0.25, -0.2) is 9.82 Å². The minimum absolute atomic E-state index is 0.0550. The molecular weight excluding hydrogens is 351 g/mol. The Morgan fingerprint density at radius 1 is 1.33 bits per heavy atom. The zero-order valence-corrected chi connectivity index (χ0v) is 15.5. The molecule has 2 heterocycles. The number of rotatable bonds is 8. The number of likely N-dealkylation sites (tertiary alicyclic amines) is 1. The normalized spacial score (nSPS) is 25.1. The van der Waals surface area contributed by atoms with Gasteiger partial charge in [0.25, 0.3) is 0 Å². The van der Waals surface area contributed by atoms with Gasteiger partial charge in [-0.05, 0) is 30.5 Å². The molecule has 27 heavy (non-hydrogen) atoms. The van der Waals surface area contributed by atoms with E-state index in [1.807, 2.05) is 0 Å². The highest BCUT2D eigenvalue weighted by molar-refractivity contribution is 5.85. The van der Waals surface area contributed by atoms with Crippen LogP contribution in [0.1, 0.15) is 12.0 Å². The Hall–Kier alpha value is -2.03. The zero-order valence-electron chi connectivity index (χ0n) is 15.5. The van der Waals surface area contributed by atoms with Crippen molar-refractivity contribution in [3.8, 4) is 0 Å². The van der Waals surface area contributed by atoms with Crippen molar-refractivity contribution in [3.63, 3.8) is 0 Å². The monoisotopic (exact) mass is 378 g/mol. The average molecular weight is 378 g/mol. The van der Waals surface area contributed by atoms with E-state index in [0.717, 1.165) is 18.5 Å². The number of carbonyl (C=O) groups excluding carboxylic acids is 2.